The van der Waals surface area contributed by atoms with Crippen LogP contribution in [0.4, 0.5) is 0 Å². The molecule has 18 heavy (non-hydrogen) atoms. The molecular weight excluding hydrogens is 226 g/mol. The van der Waals surface area contributed by atoms with Gasteiger partial charge in [0.1, 0.15) is 0 Å². The van der Waals surface area contributed by atoms with E-state index in [4.69, 9.17) is 4.52 Å². The van der Waals surface area contributed by atoms with Crippen LogP contribution in [0.2, 0.25) is 0 Å². The summed E-state index contributed by atoms with van der Waals surface area (Å²) in [6, 6.07) is 3.23. The van der Waals surface area contributed by atoms with Crippen molar-refractivity contribution in [3.63, 3.8) is 0 Å². The molecule has 1 N–H and O–H groups in total. The Morgan fingerprint density at radius 2 is 2.39 bits per heavy atom. The molecule has 0 spiro atoms. The molecule has 1 aromatic rings. The molecule has 1 aliphatic carbocycles. The lowest BCUT2D eigenvalue weighted by Crippen LogP contribution is -2.25. The van der Waals surface area contributed by atoms with Gasteiger partial charge in [0.15, 0.2) is 5.76 Å². The lowest BCUT2D eigenvalue weighted by atomic mass is 10.3. The van der Waals surface area contributed by atoms with Crippen molar-refractivity contribution >= 4 is 0 Å². The lowest BCUT2D eigenvalue weighted by Gasteiger charge is -2.17. The van der Waals surface area contributed by atoms with Gasteiger partial charge in [0.05, 0.1) is 12.2 Å². The van der Waals surface area contributed by atoms with Crippen LogP contribution in [0.25, 0.3) is 0 Å². The summed E-state index contributed by atoms with van der Waals surface area (Å²) in [4.78, 5) is 2.40. The molecule has 1 saturated carbocycles. The van der Waals surface area contributed by atoms with Gasteiger partial charge in [-0.2, -0.15) is 0 Å². The average molecular weight is 249 g/mol. The fraction of sp³-hybridized carbons (Fsp3) is 0.643. The normalized spacial score (nSPS) is 15.6. The van der Waals surface area contributed by atoms with Crippen LogP contribution in [-0.2, 0) is 13.1 Å². The molecule has 0 amide bonds. The molecule has 0 aliphatic heterocycles. The van der Waals surface area contributed by atoms with Crippen molar-refractivity contribution in [2.24, 2.45) is 0 Å². The quantitative estimate of drug-likeness (QED) is 0.718. The van der Waals surface area contributed by atoms with Gasteiger partial charge in [0.25, 0.3) is 0 Å². The maximum absolute atomic E-state index is 5.39. The molecule has 0 radical (unpaired) electrons. The third kappa shape index (κ3) is 3.96. The molecule has 0 saturated heterocycles. The molecule has 4 heteroatoms. The standard InChI is InChI=1S/C14H23N3O/c1-4-7-17(13-5-6-13)10-14-8-12(16-18-14)9-15-11(2)3/h4,8,11,13,15H,1,5-7,9-10H2,2-3H3. The van der Waals surface area contributed by atoms with E-state index < -0.39 is 0 Å². The van der Waals surface area contributed by atoms with Crippen molar-refractivity contribution in [2.45, 2.75) is 51.9 Å². The molecule has 0 unspecified atom stereocenters. The van der Waals surface area contributed by atoms with E-state index in [0.29, 0.717) is 12.1 Å². The van der Waals surface area contributed by atoms with Crippen molar-refractivity contribution in [3.05, 3.63) is 30.2 Å². The smallest absolute Gasteiger partial charge is 0.151 e. The number of aromatic nitrogens is 1. The summed E-state index contributed by atoms with van der Waals surface area (Å²) in [7, 11) is 0. The monoisotopic (exact) mass is 249 g/mol. The van der Waals surface area contributed by atoms with E-state index in [-0.39, 0.29) is 0 Å². The van der Waals surface area contributed by atoms with Gasteiger partial charge in [-0.1, -0.05) is 25.1 Å². The van der Waals surface area contributed by atoms with E-state index in [1.54, 1.807) is 0 Å². The predicted molar refractivity (Wildman–Crippen MR) is 72.1 cm³/mol. The molecule has 1 aromatic heterocycles. The first-order valence-corrected chi connectivity index (χ1v) is 6.72. The number of hydrogen-bond donors (Lipinski definition) is 1. The maximum atomic E-state index is 5.39. The molecule has 1 heterocycles. The van der Waals surface area contributed by atoms with Gasteiger partial charge in [0.2, 0.25) is 0 Å². The first-order valence-electron chi connectivity index (χ1n) is 6.72. The van der Waals surface area contributed by atoms with Crippen molar-refractivity contribution in [1.29, 1.82) is 0 Å². The topological polar surface area (TPSA) is 41.3 Å². The maximum Gasteiger partial charge on any atom is 0.151 e. The SMILES string of the molecule is C=CCN(Cc1cc(CNC(C)C)no1)C1CC1. The van der Waals surface area contributed by atoms with Crippen LogP contribution >= 0.6 is 0 Å². The van der Waals surface area contributed by atoms with E-state index in [9.17, 15) is 0 Å². The number of nitrogens with one attached hydrogen (secondary N) is 1. The molecule has 1 fully saturated rings. The van der Waals surface area contributed by atoms with E-state index in [1.165, 1.54) is 12.8 Å². The van der Waals surface area contributed by atoms with Gasteiger partial charge in [-0.05, 0) is 12.8 Å². The summed E-state index contributed by atoms with van der Waals surface area (Å²) in [5, 5.41) is 7.43. The van der Waals surface area contributed by atoms with Crippen LogP contribution in [0, 0.1) is 0 Å². The molecular formula is C14H23N3O. The minimum Gasteiger partial charge on any atom is -0.360 e. The van der Waals surface area contributed by atoms with Gasteiger partial charge in [-0.3, -0.25) is 4.90 Å². The van der Waals surface area contributed by atoms with Crippen LogP contribution in [0.1, 0.15) is 38.1 Å². The zero-order chi connectivity index (χ0) is 13.0. The summed E-state index contributed by atoms with van der Waals surface area (Å²) >= 11 is 0. The van der Waals surface area contributed by atoms with E-state index >= 15 is 0 Å². The second-order valence-corrected chi connectivity index (χ2v) is 5.27. The molecule has 100 valence electrons. The summed E-state index contributed by atoms with van der Waals surface area (Å²) in [5.74, 6) is 0.948. The Morgan fingerprint density at radius 3 is 3.00 bits per heavy atom. The second-order valence-electron chi connectivity index (χ2n) is 5.27. The number of hydrogen-bond acceptors (Lipinski definition) is 4. The van der Waals surface area contributed by atoms with E-state index in [0.717, 1.165) is 31.1 Å². The average Bonchev–Trinajstić information content (AvgIpc) is 3.08. The Bertz CT molecular complexity index is 382. The van der Waals surface area contributed by atoms with Gasteiger partial charge in [-0.25, -0.2) is 0 Å². The first kappa shape index (κ1) is 13.3. The van der Waals surface area contributed by atoms with Gasteiger partial charge in [0, 0.05) is 31.2 Å². The van der Waals surface area contributed by atoms with Crippen molar-refractivity contribution in [2.75, 3.05) is 6.54 Å². The molecule has 1 aliphatic rings. The summed E-state index contributed by atoms with van der Waals surface area (Å²) in [6.07, 6.45) is 4.55. The Hall–Kier alpha value is -1.13. The van der Waals surface area contributed by atoms with Crippen molar-refractivity contribution in [3.8, 4) is 0 Å². The van der Waals surface area contributed by atoms with Crippen LogP contribution < -0.4 is 5.32 Å². The van der Waals surface area contributed by atoms with E-state index in [2.05, 4.69) is 35.8 Å². The Kier molecular flexibility index (Phi) is 4.55. The zero-order valence-corrected chi connectivity index (χ0v) is 11.4. The van der Waals surface area contributed by atoms with Crippen LogP contribution in [0.5, 0.6) is 0 Å². The largest absolute Gasteiger partial charge is 0.360 e. The number of rotatable bonds is 8. The zero-order valence-electron chi connectivity index (χ0n) is 11.4. The lowest BCUT2D eigenvalue weighted by molar-refractivity contribution is 0.242. The summed E-state index contributed by atoms with van der Waals surface area (Å²) in [6.45, 7) is 10.6. The van der Waals surface area contributed by atoms with Gasteiger partial charge >= 0.3 is 0 Å². The van der Waals surface area contributed by atoms with E-state index in [1.807, 2.05) is 12.1 Å². The highest BCUT2D eigenvalue weighted by atomic mass is 16.5. The van der Waals surface area contributed by atoms with Gasteiger partial charge < -0.3 is 9.84 Å². The van der Waals surface area contributed by atoms with Crippen LogP contribution in [-0.4, -0.2) is 28.7 Å². The third-order valence-electron chi connectivity index (χ3n) is 3.08. The second kappa shape index (κ2) is 6.16. The highest BCUT2D eigenvalue weighted by Gasteiger charge is 2.28. The van der Waals surface area contributed by atoms with Crippen molar-refractivity contribution in [1.82, 2.24) is 15.4 Å². The predicted octanol–water partition coefficient (Wildman–Crippen LogP) is 2.32. The fourth-order valence-electron chi connectivity index (χ4n) is 1.97. The Morgan fingerprint density at radius 1 is 1.61 bits per heavy atom. The highest BCUT2D eigenvalue weighted by molar-refractivity contribution is 5.06. The summed E-state index contributed by atoms with van der Waals surface area (Å²) < 4.78 is 5.39. The molecule has 0 aromatic carbocycles. The Balaban J connectivity index is 1.86. The summed E-state index contributed by atoms with van der Waals surface area (Å²) in [5.41, 5.74) is 0.980. The van der Waals surface area contributed by atoms with Crippen LogP contribution in [0.3, 0.4) is 0 Å². The Labute approximate surface area is 109 Å². The first-order chi connectivity index (χ1) is 8.69. The fourth-order valence-corrected chi connectivity index (χ4v) is 1.97. The van der Waals surface area contributed by atoms with Crippen molar-refractivity contribution < 1.29 is 4.52 Å². The van der Waals surface area contributed by atoms with Gasteiger partial charge in [-0.15, -0.1) is 6.58 Å². The van der Waals surface area contributed by atoms with Crippen LogP contribution in [0.15, 0.2) is 23.2 Å². The molecule has 0 bridgehead atoms. The minimum absolute atomic E-state index is 0.467. The molecule has 2 rings (SSSR count). The molecule has 0 atom stereocenters. The minimum atomic E-state index is 0.467. The highest BCUT2D eigenvalue weighted by Crippen LogP contribution is 2.28. The number of nitrogens with zero attached hydrogens (tertiary/aromatic N) is 2. The molecule has 4 nitrogen and oxygen atoms in total. The third-order valence-corrected chi connectivity index (χ3v) is 3.08.